The standard InChI is InChI=1S/C12H11BrN2O3/c1-15-9-6(12(3-4-12)11(15)17)5-7(13)8(14-9)10(16)18-2/h5H,3-4H2,1-2H3. The topological polar surface area (TPSA) is 59.5 Å². The largest absolute Gasteiger partial charge is 0.464 e. The third-order valence-electron chi connectivity index (χ3n) is 3.63. The quantitative estimate of drug-likeness (QED) is 0.740. The van der Waals surface area contributed by atoms with Gasteiger partial charge in [0.15, 0.2) is 5.69 Å². The molecule has 6 heteroatoms. The van der Waals surface area contributed by atoms with Gasteiger partial charge in [0.2, 0.25) is 5.91 Å². The van der Waals surface area contributed by atoms with Crippen LogP contribution in [0.3, 0.4) is 0 Å². The molecule has 5 nitrogen and oxygen atoms in total. The summed E-state index contributed by atoms with van der Waals surface area (Å²) in [7, 11) is 3.00. The molecule has 1 saturated carbocycles. The Morgan fingerprint density at radius 3 is 2.78 bits per heavy atom. The van der Waals surface area contributed by atoms with Crippen molar-refractivity contribution in [1.29, 1.82) is 0 Å². The first-order chi connectivity index (χ1) is 8.51. The molecule has 1 amide bonds. The Hall–Kier alpha value is -1.43. The first-order valence-corrected chi connectivity index (χ1v) is 6.38. The summed E-state index contributed by atoms with van der Waals surface area (Å²) in [5.41, 5.74) is 0.733. The van der Waals surface area contributed by atoms with Crippen LogP contribution in [0.25, 0.3) is 0 Å². The van der Waals surface area contributed by atoms with Crippen LogP contribution in [-0.2, 0) is 14.9 Å². The molecule has 0 bridgehead atoms. The summed E-state index contributed by atoms with van der Waals surface area (Å²) in [5, 5.41) is 0. The normalized spacial score (nSPS) is 19.1. The van der Waals surface area contributed by atoms with Crippen molar-refractivity contribution < 1.29 is 14.3 Å². The van der Waals surface area contributed by atoms with Crippen LogP contribution >= 0.6 is 15.9 Å². The second-order valence-electron chi connectivity index (χ2n) is 4.63. The number of rotatable bonds is 1. The third-order valence-corrected chi connectivity index (χ3v) is 4.24. The van der Waals surface area contributed by atoms with Crippen molar-refractivity contribution in [1.82, 2.24) is 4.98 Å². The first-order valence-electron chi connectivity index (χ1n) is 5.59. The highest BCUT2D eigenvalue weighted by atomic mass is 79.9. The van der Waals surface area contributed by atoms with Crippen molar-refractivity contribution in [3.8, 4) is 0 Å². The number of aromatic nitrogens is 1. The molecule has 1 spiro atoms. The van der Waals surface area contributed by atoms with E-state index in [0.29, 0.717) is 10.3 Å². The van der Waals surface area contributed by atoms with Gasteiger partial charge in [-0.05, 0) is 34.8 Å². The van der Waals surface area contributed by atoms with Gasteiger partial charge in [-0.25, -0.2) is 9.78 Å². The van der Waals surface area contributed by atoms with E-state index in [2.05, 4.69) is 25.7 Å². The number of carbonyl (C=O) groups excluding carboxylic acids is 2. The minimum Gasteiger partial charge on any atom is -0.464 e. The maximum Gasteiger partial charge on any atom is 0.357 e. The zero-order valence-electron chi connectivity index (χ0n) is 9.99. The maximum absolute atomic E-state index is 12.2. The number of nitrogens with zero attached hydrogens (tertiary/aromatic N) is 2. The molecule has 0 aromatic carbocycles. The molecule has 0 unspecified atom stereocenters. The number of carbonyl (C=O) groups is 2. The molecule has 1 aliphatic heterocycles. The monoisotopic (exact) mass is 310 g/mol. The summed E-state index contributed by atoms with van der Waals surface area (Å²) in [4.78, 5) is 29.5. The van der Waals surface area contributed by atoms with Gasteiger partial charge in [0.05, 0.1) is 17.0 Å². The number of hydrogen-bond donors (Lipinski definition) is 0. The zero-order chi connectivity index (χ0) is 13.1. The number of esters is 1. The van der Waals surface area contributed by atoms with Crippen molar-refractivity contribution in [2.75, 3.05) is 19.1 Å². The van der Waals surface area contributed by atoms with Crippen LogP contribution in [0.4, 0.5) is 5.82 Å². The number of hydrogen-bond acceptors (Lipinski definition) is 4. The molecule has 3 rings (SSSR count). The van der Waals surface area contributed by atoms with Gasteiger partial charge >= 0.3 is 5.97 Å². The molecule has 94 valence electrons. The molecule has 0 radical (unpaired) electrons. The smallest absolute Gasteiger partial charge is 0.357 e. The molecule has 1 aromatic rings. The van der Waals surface area contributed by atoms with Crippen molar-refractivity contribution in [2.24, 2.45) is 0 Å². The minimum atomic E-state index is -0.512. The molecule has 1 aromatic heterocycles. The van der Waals surface area contributed by atoms with Gasteiger partial charge in [-0.3, -0.25) is 9.69 Å². The first kappa shape index (κ1) is 11.6. The van der Waals surface area contributed by atoms with Gasteiger partial charge < -0.3 is 4.74 Å². The molecule has 0 atom stereocenters. The predicted molar refractivity (Wildman–Crippen MR) is 67.6 cm³/mol. The maximum atomic E-state index is 12.2. The highest BCUT2D eigenvalue weighted by Gasteiger charge is 2.59. The van der Waals surface area contributed by atoms with Gasteiger partial charge in [0, 0.05) is 12.6 Å². The fourth-order valence-electron chi connectivity index (χ4n) is 2.47. The van der Waals surface area contributed by atoms with Crippen LogP contribution in [0.2, 0.25) is 0 Å². The summed E-state index contributed by atoms with van der Waals surface area (Å²) in [6, 6.07) is 1.82. The Labute approximate surface area is 112 Å². The molecule has 18 heavy (non-hydrogen) atoms. The Morgan fingerprint density at radius 1 is 1.56 bits per heavy atom. The van der Waals surface area contributed by atoms with Crippen molar-refractivity contribution in [2.45, 2.75) is 18.3 Å². The lowest BCUT2D eigenvalue weighted by Crippen LogP contribution is -2.28. The molecule has 1 fully saturated rings. The lowest BCUT2D eigenvalue weighted by atomic mass is 9.99. The van der Waals surface area contributed by atoms with Crippen molar-refractivity contribution in [3.63, 3.8) is 0 Å². The lowest BCUT2D eigenvalue weighted by Gasteiger charge is -2.10. The van der Waals surface area contributed by atoms with Gasteiger partial charge in [-0.15, -0.1) is 0 Å². The fourth-order valence-corrected chi connectivity index (χ4v) is 2.95. The highest BCUT2D eigenvalue weighted by molar-refractivity contribution is 9.10. The average molecular weight is 311 g/mol. The van der Waals surface area contributed by atoms with E-state index >= 15 is 0 Å². The van der Waals surface area contributed by atoms with Crippen molar-refractivity contribution >= 4 is 33.6 Å². The summed E-state index contributed by atoms with van der Waals surface area (Å²) in [6.45, 7) is 0. The second-order valence-corrected chi connectivity index (χ2v) is 5.48. The molecule has 1 aliphatic carbocycles. The Bertz CT molecular complexity index is 581. The van der Waals surface area contributed by atoms with E-state index in [9.17, 15) is 9.59 Å². The summed E-state index contributed by atoms with van der Waals surface area (Å²) in [5.74, 6) is 0.127. The van der Waals surface area contributed by atoms with E-state index in [-0.39, 0.29) is 17.0 Å². The molecule has 2 aliphatic rings. The highest BCUT2D eigenvalue weighted by Crippen LogP contribution is 2.56. The fraction of sp³-hybridized carbons (Fsp3) is 0.417. The van der Waals surface area contributed by atoms with E-state index in [1.54, 1.807) is 7.05 Å². The van der Waals surface area contributed by atoms with E-state index in [1.807, 2.05) is 6.07 Å². The molecular weight excluding hydrogens is 300 g/mol. The van der Waals surface area contributed by atoms with Crippen LogP contribution in [0, 0.1) is 0 Å². The summed E-state index contributed by atoms with van der Waals surface area (Å²) in [6.07, 6.45) is 1.71. The number of fused-ring (bicyclic) bond motifs is 2. The summed E-state index contributed by atoms with van der Waals surface area (Å²) < 4.78 is 5.24. The van der Waals surface area contributed by atoms with Gasteiger partial charge in [0.25, 0.3) is 0 Å². The number of likely N-dealkylation sites (N-methyl/N-ethyl adjacent to an activating group) is 1. The van der Waals surface area contributed by atoms with Crippen LogP contribution < -0.4 is 4.90 Å². The van der Waals surface area contributed by atoms with E-state index in [1.165, 1.54) is 12.0 Å². The number of amides is 1. The Kier molecular flexibility index (Phi) is 2.29. The van der Waals surface area contributed by atoms with Crippen molar-refractivity contribution in [3.05, 3.63) is 21.8 Å². The van der Waals surface area contributed by atoms with Gasteiger partial charge in [-0.2, -0.15) is 0 Å². The SMILES string of the molecule is COC(=O)c1nc2c(cc1Br)C1(CC1)C(=O)N2C. The molecule has 0 N–H and O–H groups in total. The Balaban J connectivity index is 2.19. The van der Waals surface area contributed by atoms with Gasteiger partial charge in [0.1, 0.15) is 5.82 Å². The predicted octanol–water partition coefficient (Wildman–Crippen LogP) is 1.64. The Morgan fingerprint density at radius 2 is 2.22 bits per heavy atom. The second kappa shape index (κ2) is 3.54. The van der Waals surface area contributed by atoms with E-state index < -0.39 is 5.97 Å². The molecule has 2 heterocycles. The van der Waals surface area contributed by atoms with Crippen LogP contribution in [0.15, 0.2) is 10.5 Å². The summed E-state index contributed by atoms with van der Waals surface area (Å²) >= 11 is 3.32. The number of pyridine rings is 1. The molecular formula is C12H11BrN2O3. The number of anilines is 1. The number of ether oxygens (including phenoxy) is 1. The van der Waals surface area contributed by atoms with Crippen LogP contribution in [0.5, 0.6) is 0 Å². The zero-order valence-corrected chi connectivity index (χ0v) is 11.6. The lowest BCUT2D eigenvalue weighted by molar-refractivity contribution is -0.119. The average Bonchev–Trinajstić information content (AvgIpc) is 3.14. The number of halogens is 1. The van der Waals surface area contributed by atoms with Crippen LogP contribution in [0.1, 0.15) is 28.9 Å². The van der Waals surface area contributed by atoms with E-state index in [0.717, 1.165) is 18.4 Å². The minimum absolute atomic E-state index is 0.0684. The van der Waals surface area contributed by atoms with Gasteiger partial charge in [-0.1, -0.05) is 0 Å². The van der Waals surface area contributed by atoms with E-state index in [4.69, 9.17) is 0 Å². The molecule has 0 saturated heterocycles. The number of methoxy groups -OCH3 is 1. The third kappa shape index (κ3) is 1.29. The van der Waals surface area contributed by atoms with Crippen LogP contribution in [-0.4, -0.2) is 31.0 Å².